The Labute approximate surface area is 71.2 Å². The molecule has 0 aromatic carbocycles. The first-order chi connectivity index (χ1) is 5.41. The van der Waals surface area contributed by atoms with Crippen LogP contribution in [-0.2, 0) is 5.41 Å². The van der Waals surface area contributed by atoms with Gasteiger partial charge in [-0.1, -0.05) is 20.8 Å². The largest absolute Gasteiger partial charge is 0.285 e. The zero-order chi connectivity index (χ0) is 9.35. The maximum Gasteiger partial charge on any atom is 0.258 e. The van der Waals surface area contributed by atoms with Gasteiger partial charge in [-0.25, -0.2) is 4.39 Å². The predicted octanol–water partition coefficient (Wildman–Crippen LogP) is 1.65. The molecule has 0 aliphatic rings. The summed E-state index contributed by atoms with van der Waals surface area (Å²) in [5.74, 6) is -0.439. The molecule has 0 radical (unpaired) electrons. The van der Waals surface area contributed by atoms with Gasteiger partial charge in [-0.3, -0.25) is 5.21 Å². The van der Waals surface area contributed by atoms with Gasteiger partial charge in [0.15, 0.2) is 5.82 Å². The molecule has 0 spiro atoms. The Bertz CT molecular complexity index is 291. The van der Waals surface area contributed by atoms with Crippen LogP contribution in [0.15, 0.2) is 18.3 Å². The highest BCUT2D eigenvalue weighted by Crippen LogP contribution is 2.17. The number of rotatable bonds is 0. The number of pyridine rings is 1. The van der Waals surface area contributed by atoms with Crippen molar-refractivity contribution in [2.24, 2.45) is 0 Å². The molecular formula is C9H13FNO+. The van der Waals surface area contributed by atoms with Crippen LogP contribution >= 0.6 is 0 Å². The molecule has 0 aliphatic carbocycles. The van der Waals surface area contributed by atoms with Crippen LogP contribution in [0, 0.1) is 5.82 Å². The zero-order valence-corrected chi connectivity index (χ0v) is 7.50. The van der Waals surface area contributed by atoms with Crippen molar-refractivity contribution in [3.8, 4) is 0 Å². The molecular weight excluding hydrogens is 157 g/mol. The van der Waals surface area contributed by atoms with Crippen molar-refractivity contribution in [2.75, 3.05) is 0 Å². The van der Waals surface area contributed by atoms with Crippen LogP contribution in [-0.4, -0.2) is 5.21 Å². The van der Waals surface area contributed by atoms with E-state index in [1.165, 1.54) is 6.07 Å². The Morgan fingerprint density at radius 1 is 1.33 bits per heavy atom. The van der Waals surface area contributed by atoms with Gasteiger partial charge in [-0.05, 0) is 6.07 Å². The molecule has 2 nitrogen and oxygen atoms in total. The van der Waals surface area contributed by atoms with Crippen molar-refractivity contribution in [2.45, 2.75) is 26.2 Å². The number of halogens is 1. The zero-order valence-electron chi connectivity index (χ0n) is 7.50. The number of aromatic nitrogens is 1. The van der Waals surface area contributed by atoms with Crippen LogP contribution in [0.5, 0.6) is 0 Å². The summed E-state index contributed by atoms with van der Waals surface area (Å²) in [5, 5.41) is 9.30. The van der Waals surface area contributed by atoms with Crippen LogP contribution in [0.2, 0.25) is 0 Å². The molecule has 3 heteroatoms. The lowest BCUT2D eigenvalue weighted by atomic mass is 9.92. The molecule has 0 saturated heterocycles. The smallest absolute Gasteiger partial charge is 0.258 e. The first-order valence-corrected chi connectivity index (χ1v) is 3.82. The molecule has 0 bridgehead atoms. The quantitative estimate of drug-likeness (QED) is 0.464. The summed E-state index contributed by atoms with van der Waals surface area (Å²) in [6.45, 7) is 5.85. The van der Waals surface area contributed by atoms with Crippen LogP contribution in [0.4, 0.5) is 4.39 Å². The predicted molar refractivity (Wildman–Crippen MR) is 42.5 cm³/mol. The number of hydrogen-bond acceptors (Lipinski definition) is 1. The van der Waals surface area contributed by atoms with Gasteiger partial charge >= 0.3 is 0 Å². The standard InChI is InChI=1S/C9H13FNO/c1-9(2,3)8-5-4-7(10)6-11(8)12/h4-6,12H,1-3H3/q+1. The summed E-state index contributed by atoms with van der Waals surface area (Å²) in [6, 6.07) is 2.92. The van der Waals surface area contributed by atoms with E-state index in [2.05, 4.69) is 0 Å². The van der Waals surface area contributed by atoms with E-state index in [0.717, 1.165) is 10.9 Å². The normalized spacial score (nSPS) is 11.7. The second-order valence-corrected chi connectivity index (χ2v) is 3.83. The molecule has 66 valence electrons. The monoisotopic (exact) mass is 170 g/mol. The van der Waals surface area contributed by atoms with Gasteiger partial charge in [0.25, 0.3) is 6.20 Å². The van der Waals surface area contributed by atoms with Crippen LogP contribution in [0.3, 0.4) is 0 Å². The van der Waals surface area contributed by atoms with Gasteiger partial charge in [0, 0.05) is 10.8 Å². The average molecular weight is 170 g/mol. The highest BCUT2D eigenvalue weighted by atomic mass is 19.1. The van der Waals surface area contributed by atoms with E-state index in [9.17, 15) is 9.60 Å². The van der Waals surface area contributed by atoms with Crippen LogP contribution < -0.4 is 4.73 Å². The van der Waals surface area contributed by atoms with Gasteiger partial charge in [0.05, 0.1) is 5.41 Å². The van der Waals surface area contributed by atoms with Crippen LogP contribution in [0.25, 0.3) is 0 Å². The van der Waals surface area contributed by atoms with Crippen molar-refractivity contribution in [3.05, 3.63) is 29.8 Å². The summed E-state index contributed by atoms with van der Waals surface area (Å²) < 4.78 is 13.4. The van der Waals surface area contributed by atoms with Crippen molar-refractivity contribution in [1.82, 2.24) is 0 Å². The van der Waals surface area contributed by atoms with E-state index in [-0.39, 0.29) is 5.41 Å². The first kappa shape index (κ1) is 8.97. The highest BCUT2D eigenvalue weighted by Gasteiger charge is 2.25. The fourth-order valence-electron chi connectivity index (χ4n) is 1.06. The molecule has 1 N–H and O–H groups in total. The molecule has 0 aliphatic heterocycles. The minimum atomic E-state index is -0.439. The SMILES string of the molecule is CC(C)(C)c1ccc(F)c[n+]1O. The maximum atomic E-state index is 12.6. The molecule has 1 aromatic heterocycles. The lowest BCUT2D eigenvalue weighted by Crippen LogP contribution is -2.40. The van der Waals surface area contributed by atoms with Gasteiger partial charge in [0.2, 0.25) is 5.69 Å². The summed E-state index contributed by atoms with van der Waals surface area (Å²) in [4.78, 5) is 0. The van der Waals surface area contributed by atoms with E-state index in [0.29, 0.717) is 5.69 Å². The summed E-state index contributed by atoms with van der Waals surface area (Å²) in [5.41, 5.74) is 0.506. The fourth-order valence-corrected chi connectivity index (χ4v) is 1.06. The van der Waals surface area contributed by atoms with E-state index in [1.807, 2.05) is 20.8 Å². The summed E-state index contributed by atoms with van der Waals surface area (Å²) >= 11 is 0. The first-order valence-electron chi connectivity index (χ1n) is 3.82. The lowest BCUT2D eigenvalue weighted by molar-refractivity contribution is -0.912. The second-order valence-electron chi connectivity index (χ2n) is 3.83. The molecule has 12 heavy (non-hydrogen) atoms. The Kier molecular flexibility index (Phi) is 2.04. The van der Waals surface area contributed by atoms with Gasteiger partial charge in [-0.15, -0.1) is 0 Å². The van der Waals surface area contributed by atoms with Crippen molar-refractivity contribution in [3.63, 3.8) is 0 Å². The lowest BCUT2D eigenvalue weighted by Gasteiger charge is -2.12. The Balaban J connectivity index is 3.19. The highest BCUT2D eigenvalue weighted by molar-refractivity contribution is 5.07. The third-order valence-electron chi connectivity index (χ3n) is 1.66. The van der Waals surface area contributed by atoms with Crippen molar-refractivity contribution >= 4 is 0 Å². The molecule has 0 fully saturated rings. The molecule has 0 amide bonds. The molecule has 0 atom stereocenters. The minimum Gasteiger partial charge on any atom is -0.285 e. The average Bonchev–Trinajstić information content (AvgIpc) is 1.83. The summed E-state index contributed by atoms with van der Waals surface area (Å²) in [6.07, 6.45) is 1.06. The molecule has 1 aromatic rings. The van der Waals surface area contributed by atoms with Crippen molar-refractivity contribution < 1.29 is 14.3 Å². The second kappa shape index (κ2) is 2.73. The third kappa shape index (κ3) is 1.72. The Morgan fingerprint density at radius 2 is 1.92 bits per heavy atom. The van der Waals surface area contributed by atoms with Gasteiger partial charge in [-0.2, -0.15) is 0 Å². The van der Waals surface area contributed by atoms with E-state index >= 15 is 0 Å². The fraction of sp³-hybridized carbons (Fsp3) is 0.444. The van der Waals surface area contributed by atoms with E-state index in [1.54, 1.807) is 6.07 Å². The van der Waals surface area contributed by atoms with E-state index in [4.69, 9.17) is 0 Å². The van der Waals surface area contributed by atoms with Gasteiger partial charge < -0.3 is 0 Å². The van der Waals surface area contributed by atoms with Gasteiger partial charge in [0.1, 0.15) is 0 Å². The Morgan fingerprint density at radius 3 is 2.33 bits per heavy atom. The van der Waals surface area contributed by atoms with E-state index < -0.39 is 5.82 Å². The summed E-state index contributed by atoms with van der Waals surface area (Å²) in [7, 11) is 0. The molecule has 1 heterocycles. The topological polar surface area (TPSA) is 24.1 Å². The van der Waals surface area contributed by atoms with Crippen molar-refractivity contribution in [1.29, 1.82) is 0 Å². The minimum absolute atomic E-state index is 0.178. The molecule has 0 unspecified atom stereocenters. The maximum absolute atomic E-state index is 12.6. The van der Waals surface area contributed by atoms with Crippen LogP contribution in [0.1, 0.15) is 26.5 Å². The molecule has 0 saturated carbocycles. The molecule has 1 rings (SSSR count). The Hall–Kier alpha value is -1.12. The number of nitrogens with zero attached hydrogens (tertiary/aromatic N) is 1. The number of hydrogen-bond donors (Lipinski definition) is 1. The third-order valence-corrected chi connectivity index (χ3v) is 1.66.